The highest BCUT2D eigenvalue weighted by Gasteiger charge is 2.27. The summed E-state index contributed by atoms with van der Waals surface area (Å²) in [6, 6.07) is 10.3. The zero-order valence-electron chi connectivity index (χ0n) is 18.7. The van der Waals surface area contributed by atoms with Gasteiger partial charge in [-0.2, -0.15) is 0 Å². The van der Waals surface area contributed by atoms with Crippen LogP contribution in [-0.2, 0) is 14.8 Å². The second-order valence-corrected chi connectivity index (χ2v) is 9.94. The Morgan fingerprint density at radius 1 is 1.21 bits per heavy atom. The Bertz CT molecular complexity index is 1360. The van der Waals surface area contributed by atoms with Gasteiger partial charge in [-0.15, -0.1) is 0 Å². The SMILES string of the molecule is CCCOC1CCCN(C(=O)c2cc(=O)[nH]c3ccc(S(=O)(=O)Nc4ccc(F)cc4)cc23)C1. The number of aromatic amines is 1. The van der Waals surface area contributed by atoms with Crippen LogP contribution in [0.3, 0.4) is 0 Å². The Labute approximate surface area is 196 Å². The number of nitrogens with zero attached hydrogens (tertiary/aromatic N) is 1. The lowest BCUT2D eigenvalue weighted by molar-refractivity contribution is 0.00217. The van der Waals surface area contributed by atoms with E-state index in [1.54, 1.807) is 4.90 Å². The number of H-pyrrole nitrogens is 1. The Balaban J connectivity index is 1.67. The van der Waals surface area contributed by atoms with Crippen molar-refractivity contribution in [3.63, 3.8) is 0 Å². The molecule has 180 valence electrons. The van der Waals surface area contributed by atoms with E-state index in [-0.39, 0.29) is 28.2 Å². The van der Waals surface area contributed by atoms with Crippen LogP contribution in [0, 0.1) is 5.82 Å². The number of piperidine rings is 1. The molecule has 1 aliphatic heterocycles. The van der Waals surface area contributed by atoms with E-state index in [1.807, 2.05) is 6.92 Å². The van der Waals surface area contributed by atoms with Gasteiger partial charge in [0, 0.05) is 42.4 Å². The van der Waals surface area contributed by atoms with Gasteiger partial charge >= 0.3 is 0 Å². The number of sulfonamides is 1. The second-order valence-electron chi connectivity index (χ2n) is 8.25. The van der Waals surface area contributed by atoms with Crippen molar-refractivity contribution in [1.82, 2.24) is 9.88 Å². The monoisotopic (exact) mass is 487 g/mol. The first-order chi connectivity index (χ1) is 16.3. The van der Waals surface area contributed by atoms with E-state index in [2.05, 4.69) is 9.71 Å². The van der Waals surface area contributed by atoms with Crippen molar-refractivity contribution >= 4 is 32.5 Å². The fraction of sp³-hybridized carbons (Fsp3) is 0.333. The number of rotatable bonds is 7. The molecule has 10 heteroatoms. The van der Waals surface area contributed by atoms with Gasteiger partial charge in [0.25, 0.3) is 15.9 Å². The molecule has 0 spiro atoms. The molecule has 0 bridgehead atoms. The number of halogens is 1. The van der Waals surface area contributed by atoms with Crippen LogP contribution in [0.2, 0.25) is 0 Å². The summed E-state index contributed by atoms with van der Waals surface area (Å²) in [6.45, 7) is 3.58. The van der Waals surface area contributed by atoms with Crippen LogP contribution in [0.1, 0.15) is 36.5 Å². The summed E-state index contributed by atoms with van der Waals surface area (Å²) in [7, 11) is -4.02. The summed E-state index contributed by atoms with van der Waals surface area (Å²) >= 11 is 0. The molecule has 1 amide bonds. The van der Waals surface area contributed by atoms with Gasteiger partial charge in [0.15, 0.2) is 0 Å². The number of hydrogen-bond acceptors (Lipinski definition) is 5. The van der Waals surface area contributed by atoms with Gasteiger partial charge in [-0.25, -0.2) is 12.8 Å². The normalized spacial score (nSPS) is 16.5. The lowest BCUT2D eigenvalue weighted by Crippen LogP contribution is -2.43. The third-order valence-electron chi connectivity index (χ3n) is 5.67. The van der Waals surface area contributed by atoms with Crippen molar-refractivity contribution in [2.45, 2.75) is 37.2 Å². The maximum atomic E-state index is 13.4. The minimum Gasteiger partial charge on any atom is -0.376 e. The number of pyridine rings is 1. The van der Waals surface area contributed by atoms with Crippen LogP contribution < -0.4 is 10.3 Å². The van der Waals surface area contributed by atoms with Crippen LogP contribution in [-0.4, -0.2) is 50.0 Å². The first-order valence-electron chi connectivity index (χ1n) is 11.1. The maximum Gasteiger partial charge on any atom is 0.261 e. The zero-order chi connectivity index (χ0) is 24.3. The van der Waals surface area contributed by atoms with Gasteiger partial charge in [0.05, 0.1) is 16.6 Å². The first-order valence-corrected chi connectivity index (χ1v) is 12.6. The summed E-state index contributed by atoms with van der Waals surface area (Å²) in [4.78, 5) is 29.8. The third-order valence-corrected chi connectivity index (χ3v) is 7.05. The molecule has 1 atom stereocenters. The molecule has 2 aromatic carbocycles. The molecule has 3 aromatic rings. The van der Waals surface area contributed by atoms with Gasteiger partial charge in [-0.1, -0.05) is 6.92 Å². The van der Waals surface area contributed by atoms with E-state index in [0.717, 1.165) is 31.4 Å². The fourth-order valence-corrected chi connectivity index (χ4v) is 5.11. The predicted molar refractivity (Wildman–Crippen MR) is 127 cm³/mol. The van der Waals surface area contributed by atoms with Crippen LogP contribution in [0.5, 0.6) is 0 Å². The van der Waals surface area contributed by atoms with Gasteiger partial charge in [-0.3, -0.25) is 14.3 Å². The first kappa shape index (κ1) is 23.9. The van der Waals surface area contributed by atoms with Gasteiger partial charge in [0.2, 0.25) is 5.56 Å². The van der Waals surface area contributed by atoms with Crippen molar-refractivity contribution in [2.24, 2.45) is 0 Å². The molecule has 0 aliphatic carbocycles. The molecule has 1 aliphatic rings. The molecule has 1 fully saturated rings. The highest BCUT2D eigenvalue weighted by atomic mass is 32.2. The molecule has 0 radical (unpaired) electrons. The molecular formula is C24H26FN3O5S. The summed E-state index contributed by atoms with van der Waals surface area (Å²) in [5.41, 5.74) is 0.235. The van der Waals surface area contributed by atoms with Crippen LogP contribution in [0.15, 0.2) is 58.2 Å². The molecule has 8 nitrogen and oxygen atoms in total. The number of amides is 1. The number of likely N-dealkylation sites (tertiary alicyclic amines) is 1. The minimum atomic E-state index is -4.02. The van der Waals surface area contributed by atoms with E-state index in [0.29, 0.717) is 30.6 Å². The summed E-state index contributed by atoms with van der Waals surface area (Å²) in [5, 5.41) is 0.322. The van der Waals surface area contributed by atoms with Gasteiger partial charge in [-0.05, 0) is 61.7 Å². The molecule has 1 saturated heterocycles. The number of aromatic nitrogens is 1. The summed E-state index contributed by atoms with van der Waals surface area (Å²) in [6.07, 6.45) is 2.45. The van der Waals surface area contributed by atoms with Gasteiger partial charge < -0.3 is 14.6 Å². The van der Waals surface area contributed by atoms with E-state index in [4.69, 9.17) is 4.74 Å². The average Bonchev–Trinajstić information content (AvgIpc) is 2.83. The number of fused-ring (bicyclic) bond motifs is 1. The number of carbonyl (C=O) groups excluding carboxylic acids is 1. The summed E-state index contributed by atoms with van der Waals surface area (Å²) in [5.74, 6) is -0.831. The van der Waals surface area contributed by atoms with Crippen LogP contribution in [0.25, 0.3) is 10.9 Å². The largest absolute Gasteiger partial charge is 0.376 e. The zero-order valence-corrected chi connectivity index (χ0v) is 19.5. The molecule has 2 heterocycles. The lowest BCUT2D eigenvalue weighted by Gasteiger charge is -2.33. The Morgan fingerprint density at radius 3 is 2.71 bits per heavy atom. The third kappa shape index (κ3) is 5.28. The van der Waals surface area contributed by atoms with Crippen LogP contribution >= 0.6 is 0 Å². The van der Waals surface area contributed by atoms with Crippen molar-refractivity contribution in [3.8, 4) is 0 Å². The molecule has 0 saturated carbocycles. The number of benzene rings is 2. The Morgan fingerprint density at radius 2 is 1.97 bits per heavy atom. The highest BCUT2D eigenvalue weighted by Crippen LogP contribution is 2.25. The van der Waals surface area contributed by atoms with E-state index in [9.17, 15) is 22.4 Å². The highest BCUT2D eigenvalue weighted by molar-refractivity contribution is 7.92. The van der Waals surface area contributed by atoms with E-state index >= 15 is 0 Å². The lowest BCUT2D eigenvalue weighted by atomic mass is 10.0. The van der Waals surface area contributed by atoms with E-state index in [1.165, 1.54) is 36.4 Å². The van der Waals surface area contributed by atoms with Crippen molar-refractivity contribution in [1.29, 1.82) is 0 Å². The number of nitrogens with one attached hydrogen (secondary N) is 2. The average molecular weight is 488 g/mol. The standard InChI is InChI=1S/C24H26FN3O5S/c1-2-12-33-18-4-3-11-28(15-18)24(30)21-14-23(29)26-22-10-9-19(13-20(21)22)34(31,32)27-17-7-5-16(25)6-8-17/h5-10,13-14,18,27H,2-4,11-12,15H2,1H3,(H,26,29). The van der Waals surface area contributed by atoms with E-state index < -0.39 is 21.4 Å². The molecule has 1 aromatic heterocycles. The summed E-state index contributed by atoms with van der Waals surface area (Å²) < 4.78 is 47.2. The number of anilines is 1. The fourth-order valence-electron chi connectivity index (χ4n) is 4.02. The number of carbonyl (C=O) groups is 1. The number of ether oxygens (including phenoxy) is 1. The van der Waals surface area contributed by atoms with Crippen molar-refractivity contribution in [2.75, 3.05) is 24.4 Å². The predicted octanol–water partition coefficient (Wildman–Crippen LogP) is 3.50. The smallest absolute Gasteiger partial charge is 0.261 e. The minimum absolute atomic E-state index is 0.0678. The number of hydrogen-bond donors (Lipinski definition) is 2. The molecule has 4 rings (SSSR count). The quantitative estimate of drug-likeness (QED) is 0.530. The Hall–Kier alpha value is -3.24. The topological polar surface area (TPSA) is 109 Å². The molecular weight excluding hydrogens is 461 g/mol. The van der Waals surface area contributed by atoms with Gasteiger partial charge in [0.1, 0.15) is 5.82 Å². The maximum absolute atomic E-state index is 13.4. The second kappa shape index (κ2) is 9.94. The molecule has 34 heavy (non-hydrogen) atoms. The van der Waals surface area contributed by atoms with Crippen molar-refractivity contribution in [3.05, 3.63) is 70.3 Å². The molecule has 2 N–H and O–H groups in total. The van der Waals surface area contributed by atoms with Crippen molar-refractivity contribution < 1.29 is 22.3 Å². The van der Waals surface area contributed by atoms with Crippen LogP contribution in [0.4, 0.5) is 10.1 Å². The Kier molecular flexibility index (Phi) is 6.99. The molecule has 1 unspecified atom stereocenters.